The van der Waals surface area contributed by atoms with E-state index in [-0.39, 0.29) is 45.5 Å². The predicted molar refractivity (Wildman–Crippen MR) is 122 cm³/mol. The Kier molecular flexibility index (Phi) is 7.68. The van der Waals surface area contributed by atoms with E-state index in [0.717, 1.165) is 12.8 Å². The second-order valence-electron chi connectivity index (χ2n) is 7.35. The van der Waals surface area contributed by atoms with Crippen LogP contribution in [-0.2, 0) is 14.8 Å². The van der Waals surface area contributed by atoms with Gasteiger partial charge >= 0.3 is 0 Å². The lowest BCUT2D eigenvalue weighted by molar-refractivity contribution is -0.132. The summed E-state index contributed by atoms with van der Waals surface area (Å²) in [6, 6.07) is 5.71. The highest BCUT2D eigenvalue weighted by molar-refractivity contribution is 7.92. The van der Waals surface area contributed by atoms with Gasteiger partial charge in [0.15, 0.2) is 6.61 Å². The molecule has 1 aliphatic rings. The van der Waals surface area contributed by atoms with Crippen LogP contribution in [0.3, 0.4) is 0 Å². The molecule has 3 rings (SSSR count). The van der Waals surface area contributed by atoms with Crippen molar-refractivity contribution in [1.29, 1.82) is 0 Å². The molecule has 0 aliphatic carbocycles. The molecule has 1 aliphatic heterocycles. The third-order valence-electron chi connectivity index (χ3n) is 5.24. The van der Waals surface area contributed by atoms with E-state index in [1.807, 2.05) is 13.8 Å². The number of carbonyl (C=O) groups excluding carboxylic acids is 2. The maximum atomic E-state index is 12.7. The Morgan fingerprint density at radius 2 is 1.88 bits per heavy atom. The molecule has 1 aromatic heterocycles. The van der Waals surface area contributed by atoms with E-state index in [0.29, 0.717) is 26.2 Å². The second kappa shape index (κ2) is 10.3. The number of hydrogen-bond donors (Lipinski definition) is 2. The monoisotopic (exact) mass is 482 g/mol. The van der Waals surface area contributed by atoms with Gasteiger partial charge in [0.05, 0.1) is 10.7 Å². The summed E-state index contributed by atoms with van der Waals surface area (Å²) in [6.45, 7) is 6.10. The van der Waals surface area contributed by atoms with Crippen molar-refractivity contribution in [3.8, 4) is 5.75 Å². The van der Waals surface area contributed by atoms with Crippen LogP contribution < -0.4 is 9.46 Å². The van der Waals surface area contributed by atoms with Crippen LogP contribution in [0.15, 0.2) is 35.4 Å². The van der Waals surface area contributed by atoms with Crippen molar-refractivity contribution in [2.75, 3.05) is 37.5 Å². The lowest BCUT2D eigenvalue weighted by Crippen LogP contribution is -2.34. The Bertz CT molecular complexity index is 1080. The summed E-state index contributed by atoms with van der Waals surface area (Å²) < 4.78 is 33.4. The molecule has 1 fully saturated rings. The Morgan fingerprint density at radius 3 is 2.50 bits per heavy atom. The zero-order valence-electron chi connectivity index (χ0n) is 18.1. The first-order valence-corrected chi connectivity index (χ1v) is 12.3. The number of carbonyl (C=O) groups is 2. The lowest BCUT2D eigenvalue weighted by atomic mass is 10.3. The topological polar surface area (TPSA) is 112 Å². The zero-order chi connectivity index (χ0) is 23.3. The summed E-state index contributed by atoms with van der Waals surface area (Å²) in [5.74, 6) is -0.106. The fraction of sp³-hybridized carbons (Fsp3) is 0.429. The van der Waals surface area contributed by atoms with Crippen molar-refractivity contribution in [3.05, 3.63) is 41.2 Å². The molecule has 2 aromatic rings. The molecule has 9 nitrogen and oxygen atoms in total. The summed E-state index contributed by atoms with van der Waals surface area (Å²) in [6.07, 6.45) is 3.18. The number of rotatable bonds is 9. The van der Waals surface area contributed by atoms with Gasteiger partial charge in [-0.25, -0.2) is 8.42 Å². The van der Waals surface area contributed by atoms with Gasteiger partial charge in [0, 0.05) is 32.4 Å². The normalized spacial score (nSPS) is 13.8. The molecule has 0 radical (unpaired) electrons. The Morgan fingerprint density at radius 1 is 1.19 bits per heavy atom. The molecule has 2 N–H and O–H groups in total. The molecular weight excluding hydrogens is 456 g/mol. The fourth-order valence-corrected chi connectivity index (χ4v) is 4.72. The van der Waals surface area contributed by atoms with Crippen LogP contribution in [0.2, 0.25) is 5.02 Å². The summed E-state index contributed by atoms with van der Waals surface area (Å²) in [5, 5.41) is 0.163. The number of benzene rings is 1. The minimum atomic E-state index is -3.94. The van der Waals surface area contributed by atoms with Crippen molar-refractivity contribution in [1.82, 2.24) is 14.8 Å². The van der Waals surface area contributed by atoms with E-state index < -0.39 is 10.0 Å². The Hall–Kier alpha value is -2.72. The quantitative estimate of drug-likeness (QED) is 0.570. The standard InChI is InChI=1S/C21H27ClN4O5S/c1-3-25(4-2)20(27)14-31-19-8-7-15(11-17(19)22)24-32(29,30)16-12-18(23-13-16)21(28)26-9-5-6-10-26/h7-8,11-13,23-24H,3-6,9-10,14H2,1-2H3. The van der Waals surface area contributed by atoms with E-state index in [4.69, 9.17) is 16.3 Å². The average Bonchev–Trinajstić information content (AvgIpc) is 3.46. The molecule has 0 bridgehead atoms. The third-order valence-corrected chi connectivity index (χ3v) is 6.90. The molecular formula is C21H27ClN4O5S. The molecule has 0 spiro atoms. The largest absolute Gasteiger partial charge is 0.482 e. The number of aromatic nitrogens is 1. The molecule has 0 saturated carbocycles. The Balaban J connectivity index is 1.65. The first-order chi connectivity index (χ1) is 15.2. The van der Waals surface area contributed by atoms with E-state index in [2.05, 4.69) is 9.71 Å². The maximum absolute atomic E-state index is 12.7. The van der Waals surface area contributed by atoms with Crippen LogP contribution in [0.4, 0.5) is 5.69 Å². The highest BCUT2D eigenvalue weighted by Gasteiger charge is 2.24. The van der Waals surface area contributed by atoms with Crippen molar-refractivity contribution < 1.29 is 22.7 Å². The predicted octanol–water partition coefficient (Wildman–Crippen LogP) is 2.95. The molecule has 1 aromatic carbocycles. The Labute approximate surface area is 192 Å². The number of anilines is 1. The smallest absolute Gasteiger partial charge is 0.270 e. The van der Waals surface area contributed by atoms with E-state index in [1.165, 1.54) is 30.5 Å². The first-order valence-electron chi connectivity index (χ1n) is 10.5. The van der Waals surface area contributed by atoms with Crippen molar-refractivity contribution in [3.63, 3.8) is 0 Å². The van der Waals surface area contributed by atoms with Gasteiger partial charge in [0.25, 0.3) is 21.8 Å². The molecule has 11 heteroatoms. The zero-order valence-corrected chi connectivity index (χ0v) is 19.6. The number of likely N-dealkylation sites (tertiary alicyclic amines) is 1. The molecule has 174 valence electrons. The van der Waals surface area contributed by atoms with E-state index in [9.17, 15) is 18.0 Å². The van der Waals surface area contributed by atoms with Gasteiger partial charge in [-0.1, -0.05) is 11.6 Å². The van der Waals surface area contributed by atoms with E-state index in [1.54, 1.807) is 9.80 Å². The first kappa shape index (κ1) is 23.9. The van der Waals surface area contributed by atoms with Crippen LogP contribution in [0.5, 0.6) is 5.75 Å². The van der Waals surface area contributed by atoms with Crippen molar-refractivity contribution in [2.24, 2.45) is 0 Å². The van der Waals surface area contributed by atoms with Crippen LogP contribution in [0.25, 0.3) is 0 Å². The van der Waals surface area contributed by atoms with Gasteiger partial charge in [-0.2, -0.15) is 0 Å². The summed E-state index contributed by atoms with van der Waals surface area (Å²) in [4.78, 5) is 30.5. The number of hydrogen-bond acceptors (Lipinski definition) is 5. The number of ether oxygens (including phenoxy) is 1. The highest BCUT2D eigenvalue weighted by atomic mass is 35.5. The van der Waals surface area contributed by atoms with E-state index >= 15 is 0 Å². The number of H-pyrrole nitrogens is 1. The van der Waals surface area contributed by atoms with Gasteiger partial charge in [-0.3, -0.25) is 14.3 Å². The maximum Gasteiger partial charge on any atom is 0.270 e. The third kappa shape index (κ3) is 5.55. The summed E-state index contributed by atoms with van der Waals surface area (Å²) >= 11 is 6.21. The van der Waals surface area contributed by atoms with Gasteiger partial charge in [0.2, 0.25) is 0 Å². The number of amides is 2. The molecule has 32 heavy (non-hydrogen) atoms. The van der Waals surface area contributed by atoms with Crippen LogP contribution >= 0.6 is 11.6 Å². The molecule has 0 unspecified atom stereocenters. The van der Waals surface area contributed by atoms with Gasteiger partial charge < -0.3 is 19.5 Å². The summed E-state index contributed by atoms with van der Waals surface area (Å²) in [5.41, 5.74) is 0.456. The van der Waals surface area contributed by atoms with Gasteiger partial charge in [0.1, 0.15) is 16.3 Å². The lowest BCUT2D eigenvalue weighted by Gasteiger charge is -2.19. The molecule has 1 saturated heterocycles. The molecule has 0 atom stereocenters. The van der Waals surface area contributed by atoms with Crippen LogP contribution in [0.1, 0.15) is 37.2 Å². The molecule has 2 heterocycles. The number of likely N-dealkylation sites (N-methyl/N-ethyl adjacent to an activating group) is 1. The SMILES string of the molecule is CCN(CC)C(=O)COc1ccc(NS(=O)(=O)c2c[nH]c(C(=O)N3CCCC3)c2)cc1Cl. The van der Waals surface area contributed by atoms with Crippen molar-refractivity contribution >= 4 is 39.1 Å². The molecule has 2 amide bonds. The minimum Gasteiger partial charge on any atom is -0.482 e. The van der Waals surface area contributed by atoms with Crippen LogP contribution in [0, 0.1) is 0 Å². The van der Waals surface area contributed by atoms with Crippen LogP contribution in [-0.4, -0.2) is 67.8 Å². The summed E-state index contributed by atoms with van der Waals surface area (Å²) in [7, 11) is -3.94. The number of nitrogens with zero attached hydrogens (tertiary/aromatic N) is 2. The number of halogens is 1. The van der Waals surface area contributed by atoms with Crippen molar-refractivity contribution in [2.45, 2.75) is 31.6 Å². The average molecular weight is 483 g/mol. The number of sulfonamides is 1. The minimum absolute atomic E-state index is 0.0543. The second-order valence-corrected chi connectivity index (χ2v) is 9.44. The highest BCUT2D eigenvalue weighted by Crippen LogP contribution is 2.29. The fourth-order valence-electron chi connectivity index (χ4n) is 3.45. The number of aromatic amines is 1. The number of nitrogens with one attached hydrogen (secondary N) is 2. The van der Waals surface area contributed by atoms with Gasteiger partial charge in [-0.15, -0.1) is 0 Å². The van der Waals surface area contributed by atoms with Gasteiger partial charge in [-0.05, 0) is 51.0 Å².